The molecule has 0 saturated carbocycles. The first-order chi connectivity index (χ1) is 8.97. The van der Waals surface area contributed by atoms with Crippen LogP contribution in [0.15, 0.2) is 0 Å². The molecule has 0 aliphatic carbocycles. The molecule has 2 amide bonds. The summed E-state index contributed by atoms with van der Waals surface area (Å²) in [6, 6.07) is 0.511. The molecule has 1 aliphatic rings. The van der Waals surface area contributed by atoms with E-state index in [1.165, 1.54) is 7.11 Å². The van der Waals surface area contributed by atoms with Crippen molar-refractivity contribution in [1.29, 1.82) is 5.26 Å². The molecule has 1 rings (SSSR count). The molecule has 19 heavy (non-hydrogen) atoms. The molecule has 2 N–H and O–H groups in total. The van der Waals surface area contributed by atoms with Crippen molar-refractivity contribution in [3.8, 4) is 6.07 Å². The maximum Gasteiger partial charge on any atom is 0.328 e. The zero-order valence-corrected chi connectivity index (χ0v) is 10.9. The molecular weight excluding hydrogens is 250 g/mol. The molecule has 1 fully saturated rings. The standard InChI is InChI=1S/C12H17N3O4/c1-7(6-13)5-9(12(18)19-2)15-11(17)8-3-4-10(16)14-8/h7-9H,3-5H2,1-2H3,(H,14,16)(H,15,17)/t7-,8-,9+/m0/s1. The first-order valence-corrected chi connectivity index (χ1v) is 6.05. The van der Waals surface area contributed by atoms with E-state index in [0.29, 0.717) is 12.8 Å². The first-order valence-electron chi connectivity index (χ1n) is 6.05. The third-order valence-corrected chi connectivity index (χ3v) is 2.92. The van der Waals surface area contributed by atoms with Gasteiger partial charge >= 0.3 is 5.97 Å². The molecule has 0 radical (unpaired) electrons. The van der Waals surface area contributed by atoms with Crippen LogP contribution in [0.4, 0.5) is 0 Å². The van der Waals surface area contributed by atoms with Gasteiger partial charge in [0.15, 0.2) is 0 Å². The Morgan fingerprint density at radius 3 is 2.79 bits per heavy atom. The number of nitriles is 1. The summed E-state index contributed by atoms with van der Waals surface area (Å²) in [5.41, 5.74) is 0. The fraction of sp³-hybridized carbons (Fsp3) is 0.667. The van der Waals surface area contributed by atoms with Crippen LogP contribution < -0.4 is 10.6 Å². The lowest BCUT2D eigenvalue weighted by atomic mass is 10.0. The van der Waals surface area contributed by atoms with Gasteiger partial charge in [-0.1, -0.05) is 0 Å². The third-order valence-electron chi connectivity index (χ3n) is 2.92. The molecule has 7 nitrogen and oxygen atoms in total. The van der Waals surface area contributed by atoms with Gasteiger partial charge in [-0.15, -0.1) is 0 Å². The van der Waals surface area contributed by atoms with Gasteiger partial charge in [0.2, 0.25) is 11.8 Å². The lowest BCUT2D eigenvalue weighted by Crippen LogP contribution is -2.49. The van der Waals surface area contributed by atoms with E-state index >= 15 is 0 Å². The minimum Gasteiger partial charge on any atom is -0.467 e. The highest BCUT2D eigenvalue weighted by Gasteiger charge is 2.31. The second-order valence-electron chi connectivity index (χ2n) is 4.51. The molecule has 0 aromatic rings. The number of nitrogens with one attached hydrogen (secondary N) is 2. The Balaban J connectivity index is 2.61. The number of rotatable bonds is 5. The molecule has 1 aliphatic heterocycles. The lowest BCUT2D eigenvalue weighted by molar-refractivity contribution is -0.145. The second-order valence-corrected chi connectivity index (χ2v) is 4.51. The van der Waals surface area contributed by atoms with Gasteiger partial charge < -0.3 is 15.4 Å². The summed E-state index contributed by atoms with van der Waals surface area (Å²) in [5, 5.41) is 13.8. The van der Waals surface area contributed by atoms with Gasteiger partial charge in [0.1, 0.15) is 12.1 Å². The fourth-order valence-corrected chi connectivity index (χ4v) is 1.85. The molecule has 3 atom stereocenters. The van der Waals surface area contributed by atoms with Gasteiger partial charge in [0.25, 0.3) is 0 Å². The molecule has 1 saturated heterocycles. The van der Waals surface area contributed by atoms with E-state index in [4.69, 9.17) is 5.26 Å². The summed E-state index contributed by atoms with van der Waals surface area (Å²) in [5.74, 6) is -1.59. The van der Waals surface area contributed by atoms with Crippen LogP contribution in [0.5, 0.6) is 0 Å². The maximum atomic E-state index is 11.9. The van der Waals surface area contributed by atoms with Gasteiger partial charge in [-0.3, -0.25) is 9.59 Å². The molecule has 104 valence electrons. The van der Waals surface area contributed by atoms with E-state index in [9.17, 15) is 14.4 Å². The Bertz CT molecular complexity index is 416. The smallest absolute Gasteiger partial charge is 0.328 e. The number of nitrogens with zero attached hydrogens (tertiary/aromatic N) is 1. The van der Waals surface area contributed by atoms with Gasteiger partial charge in [-0.05, 0) is 19.8 Å². The summed E-state index contributed by atoms with van der Waals surface area (Å²) in [7, 11) is 1.22. The molecule has 0 unspecified atom stereocenters. The van der Waals surface area contributed by atoms with Crippen molar-refractivity contribution in [2.24, 2.45) is 5.92 Å². The molecule has 0 aromatic heterocycles. The van der Waals surface area contributed by atoms with Gasteiger partial charge in [-0.25, -0.2) is 4.79 Å². The summed E-state index contributed by atoms with van der Waals surface area (Å²) < 4.78 is 4.59. The van der Waals surface area contributed by atoms with E-state index in [1.807, 2.05) is 6.07 Å². The fourth-order valence-electron chi connectivity index (χ4n) is 1.85. The van der Waals surface area contributed by atoms with Crippen LogP contribution in [0, 0.1) is 17.2 Å². The highest BCUT2D eigenvalue weighted by Crippen LogP contribution is 2.10. The van der Waals surface area contributed by atoms with E-state index < -0.39 is 24.0 Å². The number of hydrogen-bond acceptors (Lipinski definition) is 5. The van der Waals surface area contributed by atoms with Crippen molar-refractivity contribution in [2.45, 2.75) is 38.3 Å². The average molecular weight is 267 g/mol. The van der Waals surface area contributed by atoms with Crippen LogP contribution in [-0.4, -0.2) is 37.0 Å². The van der Waals surface area contributed by atoms with E-state index in [1.54, 1.807) is 6.92 Å². The van der Waals surface area contributed by atoms with E-state index in [-0.39, 0.29) is 18.2 Å². The Hall–Kier alpha value is -2.10. The van der Waals surface area contributed by atoms with Crippen molar-refractivity contribution in [2.75, 3.05) is 7.11 Å². The summed E-state index contributed by atoms with van der Waals surface area (Å²) >= 11 is 0. The van der Waals surface area contributed by atoms with Crippen molar-refractivity contribution >= 4 is 17.8 Å². The third kappa shape index (κ3) is 4.25. The maximum absolute atomic E-state index is 11.9. The largest absolute Gasteiger partial charge is 0.467 e. The van der Waals surface area contributed by atoms with Gasteiger partial charge in [-0.2, -0.15) is 5.26 Å². The molecule has 1 heterocycles. The molecule has 0 aromatic carbocycles. The number of methoxy groups -OCH3 is 1. The number of amides is 2. The van der Waals surface area contributed by atoms with Crippen molar-refractivity contribution < 1.29 is 19.1 Å². The number of carbonyl (C=O) groups excluding carboxylic acids is 3. The van der Waals surface area contributed by atoms with Crippen LogP contribution in [0.1, 0.15) is 26.2 Å². The van der Waals surface area contributed by atoms with Crippen LogP contribution in [0.2, 0.25) is 0 Å². The normalized spacial score (nSPS) is 20.9. The molecule has 0 spiro atoms. The monoisotopic (exact) mass is 267 g/mol. The van der Waals surface area contributed by atoms with Crippen molar-refractivity contribution in [3.63, 3.8) is 0 Å². The minimum atomic E-state index is -0.871. The predicted octanol–water partition coefficient (Wildman–Crippen LogP) is -0.527. The number of ether oxygens (including phenoxy) is 1. The van der Waals surface area contributed by atoms with Gasteiger partial charge in [0, 0.05) is 12.3 Å². The van der Waals surface area contributed by atoms with E-state index in [2.05, 4.69) is 15.4 Å². The SMILES string of the molecule is COC(=O)[C@@H](C[C@H](C)C#N)NC(=O)[C@@H]1CCC(=O)N1. The Morgan fingerprint density at radius 1 is 1.63 bits per heavy atom. The Kier molecular flexibility index (Phi) is 5.30. The molecular formula is C12H17N3O4. The van der Waals surface area contributed by atoms with Crippen LogP contribution in [0.25, 0.3) is 0 Å². The predicted molar refractivity (Wildman–Crippen MR) is 64.5 cm³/mol. The number of carbonyl (C=O) groups is 3. The average Bonchev–Trinajstić information content (AvgIpc) is 2.83. The highest BCUT2D eigenvalue weighted by atomic mass is 16.5. The lowest BCUT2D eigenvalue weighted by Gasteiger charge is -2.19. The minimum absolute atomic E-state index is 0.176. The van der Waals surface area contributed by atoms with Crippen LogP contribution in [0.3, 0.4) is 0 Å². The van der Waals surface area contributed by atoms with Crippen molar-refractivity contribution in [1.82, 2.24) is 10.6 Å². The summed E-state index contributed by atoms with van der Waals surface area (Å²) in [6.45, 7) is 1.65. The highest BCUT2D eigenvalue weighted by molar-refractivity contribution is 5.93. The number of hydrogen-bond donors (Lipinski definition) is 2. The second kappa shape index (κ2) is 6.73. The van der Waals surface area contributed by atoms with Gasteiger partial charge in [0.05, 0.1) is 13.2 Å². The summed E-state index contributed by atoms with van der Waals surface area (Å²) in [4.78, 5) is 34.5. The zero-order chi connectivity index (χ0) is 14.4. The topological polar surface area (TPSA) is 108 Å². The summed E-state index contributed by atoms with van der Waals surface area (Å²) in [6.07, 6.45) is 0.886. The molecule has 0 bridgehead atoms. The van der Waals surface area contributed by atoms with Crippen LogP contribution >= 0.6 is 0 Å². The zero-order valence-electron chi connectivity index (χ0n) is 10.9. The Morgan fingerprint density at radius 2 is 2.32 bits per heavy atom. The quantitative estimate of drug-likeness (QED) is 0.651. The first kappa shape index (κ1) is 15.0. The number of esters is 1. The van der Waals surface area contributed by atoms with Crippen molar-refractivity contribution in [3.05, 3.63) is 0 Å². The van der Waals surface area contributed by atoms with E-state index in [0.717, 1.165) is 0 Å². The van der Waals surface area contributed by atoms with Crippen LogP contribution in [-0.2, 0) is 19.1 Å². The Labute approximate surface area is 111 Å². The molecule has 7 heteroatoms.